The number of aryl methyl sites for hydroxylation is 1. The Morgan fingerprint density at radius 1 is 1.03 bits per heavy atom. The van der Waals surface area contributed by atoms with Gasteiger partial charge in [0.25, 0.3) is 0 Å². The first-order valence-electron chi connectivity index (χ1n) is 10.8. The highest BCUT2D eigenvalue weighted by Gasteiger charge is 2.25. The van der Waals surface area contributed by atoms with Crippen molar-refractivity contribution in [2.75, 3.05) is 20.3 Å². The van der Waals surface area contributed by atoms with Gasteiger partial charge in [0.2, 0.25) is 11.8 Å². The average molecular weight is 427 g/mol. The van der Waals surface area contributed by atoms with Crippen molar-refractivity contribution in [3.05, 3.63) is 59.7 Å². The van der Waals surface area contributed by atoms with Gasteiger partial charge >= 0.3 is 0 Å². The SMILES string of the molecule is CCCNC(=O)C(C)N(Cc1ccc(C)cc1)C(=O)CCCOc1ccc(OC)cc1. The van der Waals surface area contributed by atoms with Gasteiger partial charge in [-0.1, -0.05) is 36.8 Å². The summed E-state index contributed by atoms with van der Waals surface area (Å²) in [4.78, 5) is 27.2. The topological polar surface area (TPSA) is 67.9 Å². The zero-order valence-corrected chi connectivity index (χ0v) is 19.0. The Labute approximate surface area is 185 Å². The lowest BCUT2D eigenvalue weighted by atomic mass is 10.1. The molecule has 0 fully saturated rings. The van der Waals surface area contributed by atoms with Gasteiger partial charge in [-0.2, -0.15) is 0 Å². The van der Waals surface area contributed by atoms with E-state index in [0.29, 0.717) is 32.5 Å². The van der Waals surface area contributed by atoms with Gasteiger partial charge < -0.3 is 19.7 Å². The third-order valence-electron chi connectivity index (χ3n) is 5.05. The summed E-state index contributed by atoms with van der Waals surface area (Å²) in [6.45, 7) is 7.24. The van der Waals surface area contributed by atoms with Crippen LogP contribution in [-0.4, -0.2) is 43.0 Å². The highest BCUT2D eigenvalue weighted by Crippen LogP contribution is 2.18. The number of hydrogen-bond donors (Lipinski definition) is 1. The number of carbonyl (C=O) groups excluding carboxylic acids is 2. The van der Waals surface area contributed by atoms with Crippen LogP contribution in [0.3, 0.4) is 0 Å². The van der Waals surface area contributed by atoms with E-state index in [2.05, 4.69) is 5.32 Å². The minimum Gasteiger partial charge on any atom is -0.497 e. The van der Waals surface area contributed by atoms with Gasteiger partial charge in [0.15, 0.2) is 0 Å². The van der Waals surface area contributed by atoms with Crippen LogP contribution in [0.25, 0.3) is 0 Å². The van der Waals surface area contributed by atoms with E-state index < -0.39 is 6.04 Å². The molecule has 6 nitrogen and oxygen atoms in total. The van der Waals surface area contributed by atoms with Crippen molar-refractivity contribution >= 4 is 11.8 Å². The van der Waals surface area contributed by atoms with Crippen LogP contribution in [0.5, 0.6) is 11.5 Å². The Bertz CT molecular complexity index is 818. The summed E-state index contributed by atoms with van der Waals surface area (Å²) >= 11 is 0. The summed E-state index contributed by atoms with van der Waals surface area (Å²) in [7, 11) is 1.62. The molecule has 2 aromatic rings. The van der Waals surface area contributed by atoms with Crippen LogP contribution >= 0.6 is 0 Å². The van der Waals surface area contributed by atoms with E-state index >= 15 is 0 Å². The van der Waals surface area contributed by atoms with Gasteiger partial charge in [0, 0.05) is 19.5 Å². The number of nitrogens with zero attached hydrogens (tertiary/aromatic N) is 1. The maximum Gasteiger partial charge on any atom is 0.242 e. The van der Waals surface area contributed by atoms with E-state index in [1.807, 2.05) is 62.4 Å². The van der Waals surface area contributed by atoms with Gasteiger partial charge in [-0.05, 0) is 56.5 Å². The van der Waals surface area contributed by atoms with Crippen molar-refractivity contribution < 1.29 is 19.1 Å². The second-order valence-electron chi connectivity index (χ2n) is 7.60. The lowest BCUT2D eigenvalue weighted by Crippen LogP contribution is -2.47. The molecule has 0 aliphatic rings. The standard InChI is InChI=1S/C25H34N2O4/c1-5-16-26-25(29)20(3)27(18-21-10-8-19(2)9-11-21)24(28)7-6-17-31-23-14-12-22(30-4)13-15-23/h8-15,20H,5-7,16-18H2,1-4H3,(H,26,29). The molecule has 0 spiro atoms. The van der Waals surface area contributed by atoms with Crippen LogP contribution in [0, 0.1) is 6.92 Å². The van der Waals surface area contributed by atoms with Gasteiger partial charge in [0.1, 0.15) is 17.5 Å². The summed E-state index contributed by atoms with van der Waals surface area (Å²) in [6.07, 6.45) is 1.74. The van der Waals surface area contributed by atoms with Gasteiger partial charge in [0.05, 0.1) is 13.7 Å². The van der Waals surface area contributed by atoms with Crippen molar-refractivity contribution in [1.82, 2.24) is 10.2 Å². The third-order valence-corrected chi connectivity index (χ3v) is 5.05. The van der Waals surface area contributed by atoms with Gasteiger partial charge in [-0.15, -0.1) is 0 Å². The number of rotatable bonds is 12. The molecule has 0 aliphatic heterocycles. The summed E-state index contributed by atoms with van der Waals surface area (Å²) in [5, 5.41) is 2.89. The lowest BCUT2D eigenvalue weighted by molar-refractivity contribution is -0.140. The number of methoxy groups -OCH3 is 1. The molecule has 0 saturated heterocycles. The fourth-order valence-electron chi connectivity index (χ4n) is 3.10. The van der Waals surface area contributed by atoms with E-state index in [0.717, 1.165) is 29.0 Å². The molecule has 0 aromatic heterocycles. The summed E-state index contributed by atoms with van der Waals surface area (Å²) < 4.78 is 10.9. The maximum absolute atomic E-state index is 13.0. The van der Waals surface area contributed by atoms with Gasteiger partial charge in [-0.3, -0.25) is 9.59 Å². The fourth-order valence-corrected chi connectivity index (χ4v) is 3.10. The molecule has 31 heavy (non-hydrogen) atoms. The van der Waals surface area contributed by atoms with Crippen LogP contribution < -0.4 is 14.8 Å². The normalized spacial score (nSPS) is 11.5. The molecule has 1 atom stereocenters. The fraction of sp³-hybridized carbons (Fsp3) is 0.440. The molecule has 0 aliphatic carbocycles. The Morgan fingerprint density at radius 2 is 1.68 bits per heavy atom. The quantitative estimate of drug-likeness (QED) is 0.519. The minimum absolute atomic E-state index is 0.0574. The molecule has 2 rings (SSSR count). The van der Waals surface area contributed by atoms with Crippen LogP contribution in [0.4, 0.5) is 0 Å². The van der Waals surface area contributed by atoms with Crippen molar-refractivity contribution in [2.45, 2.75) is 52.6 Å². The number of nitrogens with one attached hydrogen (secondary N) is 1. The highest BCUT2D eigenvalue weighted by molar-refractivity contribution is 5.87. The second-order valence-corrected chi connectivity index (χ2v) is 7.60. The number of amides is 2. The Balaban J connectivity index is 1.95. The Kier molecular flexibility index (Phi) is 9.88. The number of carbonyl (C=O) groups is 2. The van der Waals surface area contributed by atoms with E-state index in [1.165, 1.54) is 0 Å². The molecule has 6 heteroatoms. The van der Waals surface area contributed by atoms with Crippen molar-refractivity contribution in [2.24, 2.45) is 0 Å². The number of ether oxygens (including phenoxy) is 2. The number of benzene rings is 2. The predicted octanol–water partition coefficient (Wildman–Crippen LogP) is 4.11. The molecule has 1 N–H and O–H groups in total. The van der Waals surface area contributed by atoms with E-state index in [-0.39, 0.29) is 11.8 Å². The molecule has 0 saturated carbocycles. The van der Waals surface area contributed by atoms with Crippen LogP contribution in [0.1, 0.15) is 44.2 Å². The first-order chi connectivity index (χ1) is 14.9. The Hall–Kier alpha value is -3.02. The van der Waals surface area contributed by atoms with Gasteiger partial charge in [-0.25, -0.2) is 0 Å². The summed E-state index contributed by atoms with van der Waals surface area (Å²) in [5.74, 6) is 1.32. The summed E-state index contributed by atoms with van der Waals surface area (Å²) in [5.41, 5.74) is 2.16. The van der Waals surface area contributed by atoms with E-state index in [9.17, 15) is 9.59 Å². The molecule has 168 valence electrons. The first kappa shape index (κ1) is 24.3. The molecule has 0 radical (unpaired) electrons. The minimum atomic E-state index is -0.539. The zero-order valence-electron chi connectivity index (χ0n) is 19.0. The van der Waals surface area contributed by atoms with E-state index in [4.69, 9.17) is 9.47 Å². The zero-order chi connectivity index (χ0) is 22.6. The lowest BCUT2D eigenvalue weighted by Gasteiger charge is -2.29. The molecular formula is C25H34N2O4. The Morgan fingerprint density at radius 3 is 2.29 bits per heavy atom. The monoisotopic (exact) mass is 426 g/mol. The third kappa shape index (κ3) is 7.96. The maximum atomic E-state index is 13.0. The second kappa shape index (κ2) is 12.6. The molecular weight excluding hydrogens is 392 g/mol. The largest absolute Gasteiger partial charge is 0.497 e. The molecule has 2 amide bonds. The van der Waals surface area contributed by atoms with Crippen molar-refractivity contribution in [3.63, 3.8) is 0 Å². The predicted molar refractivity (Wildman–Crippen MR) is 122 cm³/mol. The van der Waals surface area contributed by atoms with E-state index in [1.54, 1.807) is 18.9 Å². The average Bonchev–Trinajstić information content (AvgIpc) is 2.79. The highest BCUT2D eigenvalue weighted by atomic mass is 16.5. The van der Waals surface area contributed by atoms with Crippen LogP contribution in [0.15, 0.2) is 48.5 Å². The number of hydrogen-bond acceptors (Lipinski definition) is 4. The van der Waals surface area contributed by atoms with Crippen molar-refractivity contribution in [3.8, 4) is 11.5 Å². The molecule has 0 heterocycles. The molecule has 1 unspecified atom stereocenters. The molecule has 2 aromatic carbocycles. The molecule has 0 bridgehead atoms. The van der Waals surface area contributed by atoms with Crippen LogP contribution in [0.2, 0.25) is 0 Å². The van der Waals surface area contributed by atoms with Crippen molar-refractivity contribution in [1.29, 1.82) is 0 Å². The smallest absolute Gasteiger partial charge is 0.242 e. The first-order valence-corrected chi connectivity index (χ1v) is 10.8. The van der Waals surface area contributed by atoms with Crippen LogP contribution in [-0.2, 0) is 16.1 Å². The summed E-state index contributed by atoms with van der Waals surface area (Å²) in [6, 6.07) is 14.8.